The second-order valence-electron chi connectivity index (χ2n) is 9.61. The standard InChI is InChI=1S/C32H22Br2Cl2N2O4S/c1-17-3-9-23(14-26(17)35)37-32-38(24-10-4-18(2)27(36)15-24)30(39)28(43-32)12-21-11-22(33)13-25(34)29(21)42-16-19-5-7-20(8-6-19)31(40)41/h3-15H,16H2,1-2H3,(H,40,41)/b28-12+,37-32?. The molecule has 1 saturated heterocycles. The molecule has 0 unspecified atom stereocenters. The summed E-state index contributed by atoms with van der Waals surface area (Å²) >= 11 is 21.2. The number of carboxylic acid groups (broad SMARTS) is 1. The third kappa shape index (κ3) is 7.19. The van der Waals surface area contributed by atoms with E-state index in [1.807, 2.05) is 50.2 Å². The van der Waals surface area contributed by atoms with Gasteiger partial charge in [-0.25, -0.2) is 9.79 Å². The van der Waals surface area contributed by atoms with Crippen LogP contribution >= 0.6 is 66.8 Å². The molecule has 0 radical (unpaired) electrons. The molecule has 1 N–H and O–H groups in total. The first-order valence-electron chi connectivity index (χ1n) is 12.8. The fraction of sp³-hybridized carbons (Fsp3) is 0.0938. The number of ether oxygens (including phenoxy) is 1. The average Bonchev–Trinajstić information content (AvgIpc) is 3.25. The molecule has 4 aromatic rings. The van der Waals surface area contributed by atoms with Gasteiger partial charge in [0.15, 0.2) is 5.17 Å². The van der Waals surface area contributed by atoms with E-state index in [1.165, 1.54) is 28.8 Å². The zero-order valence-electron chi connectivity index (χ0n) is 22.7. The first-order chi connectivity index (χ1) is 20.5. The van der Waals surface area contributed by atoms with Gasteiger partial charge in [-0.3, -0.25) is 9.69 Å². The van der Waals surface area contributed by atoms with Gasteiger partial charge < -0.3 is 9.84 Å². The molecule has 1 fully saturated rings. The number of thioether (sulfide) groups is 1. The normalized spacial score (nSPS) is 15.0. The lowest BCUT2D eigenvalue weighted by atomic mass is 10.1. The molecule has 6 nitrogen and oxygen atoms in total. The van der Waals surface area contributed by atoms with Gasteiger partial charge in [-0.2, -0.15) is 0 Å². The Morgan fingerprint density at radius 2 is 1.65 bits per heavy atom. The minimum absolute atomic E-state index is 0.187. The van der Waals surface area contributed by atoms with Crippen molar-refractivity contribution in [2.75, 3.05) is 4.90 Å². The summed E-state index contributed by atoms with van der Waals surface area (Å²) in [7, 11) is 0. The quantitative estimate of drug-likeness (QED) is 0.190. The van der Waals surface area contributed by atoms with Gasteiger partial charge in [0.05, 0.1) is 26.3 Å². The van der Waals surface area contributed by atoms with Crippen molar-refractivity contribution >= 4 is 101 Å². The molecule has 0 atom stereocenters. The minimum atomic E-state index is -0.994. The van der Waals surface area contributed by atoms with E-state index in [2.05, 4.69) is 31.9 Å². The summed E-state index contributed by atoms with van der Waals surface area (Å²) in [5.74, 6) is -0.744. The summed E-state index contributed by atoms with van der Waals surface area (Å²) in [4.78, 5) is 31.9. The number of aliphatic imine (C=N–C) groups is 1. The predicted octanol–water partition coefficient (Wildman–Crippen LogP) is 10.2. The van der Waals surface area contributed by atoms with Crippen LogP contribution in [0.5, 0.6) is 5.75 Å². The minimum Gasteiger partial charge on any atom is -0.487 e. The Morgan fingerprint density at radius 3 is 2.30 bits per heavy atom. The summed E-state index contributed by atoms with van der Waals surface area (Å²) in [6.07, 6.45) is 1.76. The average molecular weight is 761 g/mol. The van der Waals surface area contributed by atoms with Gasteiger partial charge in [0, 0.05) is 20.1 Å². The number of amides is 1. The van der Waals surface area contributed by atoms with Crippen molar-refractivity contribution < 1.29 is 19.4 Å². The highest BCUT2D eigenvalue weighted by atomic mass is 79.9. The van der Waals surface area contributed by atoms with Gasteiger partial charge >= 0.3 is 5.97 Å². The summed E-state index contributed by atoms with van der Waals surface area (Å²) in [6, 6.07) is 21.1. The number of anilines is 1. The number of carbonyl (C=O) groups is 2. The maximum Gasteiger partial charge on any atom is 0.335 e. The summed E-state index contributed by atoms with van der Waals surface area (Å²) in [5, 5.41) is 10.7. The first-order valence-corrected chi connectivity index (χ1v) is 15.9. The molecule has 11 heteroatoms. The van der Waals surface area contributed by atoms with Crippen molar-refractivity contribution in [3.05, 3.63) is 125 Å². The highest BCUT2D eigenvalue weighted by molar-refractivity contribution is 9.11. The summed E-state index contributed by atoms with van der Waals surface area (Å²) in [6.45, 7) is 4.00. The van der Waals surface area contributed by atoms with E-state index in [0.29, 0.717) is 47.3 Å². The number of benzene rings is 4. The number of carboxylic acids is 1. The maximum atomic E-state index is 14.0. The van der Waals surface area contributed by atoms with Gasteiger partial charge in [0.25, 0.3) is 5.91 Å². The van der Waals surface area contributed by atoms with Gasteiger partial charge in [-0.15, -0.1) is 0 Å². The van der Waals surface area contributed by atoms with Gasteiger partial charge in [0.2, 0.25) is 0 Å². The molecule has 0 aromatic heterocycles. The third-order valence-corrected chi connectivity index (χ3v) is 9.34. The van der Waals surface area contributed by atoms with Crippen molar-refractivity contribution in [3.63, 3.8) is 0 Å². The van der Waals surface area contributed by atoms with E-state index in [4.69, 9.17) is 32.9 Å². The number of rotatable bonds is 7. The van der Waals surface area contributed by atoms with E-state index in [9.17, 15) is 14.7 Å². The fourth-order valence-electron chi connectivity index (χ4n) is 4.14. The lowest BCUT2D eigenvalue weighted by molar-refractivity contribution is -0.113. The van der Waals surface area contributed by atoms with Crippen LogP contribution in [0.3, 0.4) is 0 Å². The number of halogens is 4. The zero-order valence-corrected chi connectivity index (χ0v) is 28.2. The van der Waals surface area contributed by atoms with Crippen LogP contribution in [-0.2, 0) is 11.4 Å². The van der Waals surface area contributed by atoms with Crippen LogP contribution in [0, 0.1) is 13.8 Å². The van der Waals surface area contributed by atoms with E-state index in [-0.39, 0.29) is 18.1 Å². The Hall–Kier alpha value is -3.08. The number of hydrogen-bond acceptors (Lipinski definition) is 5. The molecular weight excluding hydrogens is 739 g/mol. The molecule has 0 bridgehead atoms. The van der Waals surface area contributed by atoms with Crippen LogP contribution < -0.4 is 9.64 Å². The lowest BCUT2D eigenvalue weighted by Gasteiger charge is -2.17. The van der Waals surface area contributed by atoms with Crippen LogP contribution in [0.25, 0.3) is 6.08 Å². The number of hydrogen-bond donors (Lipinski definition) is 1. The topological polar surface area (TPSA) is 79.2 Å². The second-order valence-corrected chi connectivity index (χ2v) is 13.2. The molecule has 43 heavy (non-hydrogen) atoms. The van der Waals surface area contributed by atoms with Gasteiger partial charge in [-0.1, -0.05) is 63.4 Å². The maximum absolute atomic E-state index is 14.0. The van der Waals surface area contributed by atoms with E-state index < -0.39 is 5.97 Å². The van der Waals surface area contributed by atoms with E-state index in [1.54, 1.807) is 30.3 Å². The van der Waals surface area contributed by atoms with Gasteiger partial charge in [0.1, 0.15) is 12.4 Å². The van der Waals surface area contributed by atoms with Crippen molar-refractivity contribution in [1.29, 1.82) is 0 Å². The first kappa shape index (κ1) is 31.3. The monoisotopic (exact) mass is 758 g/mol. The molecule has 5 rings (SSSR count). The highest BCUT2D eigenvalue weighted by Gasteiger charge is 2.35. The van der Waals surface area contributed by atoms with Gasteiger partial charge in [-0.05, 0) is 113 Å². The molecule has 0 aliphatic carbocycles. The molecule has 0 spiro atoms. The highest BCUT2D eigenvalue weighted by Crippen LogP contribution is 2.41. The van der Waals surface area contributed by atoms with E-state index in [0.717, 1.165) is 21.2 Å². The van der Waals surface area contributed by atoms with Crippen LogP contribution in [0.2, 0.25) is 10.0 Å². The Morgan fingerprint density at radius 1 is 0.977 bits per heavy atom. The molecule has 0 saturated carbocycles. The van der Waals surface area contributed by atoms with Crippen molar-refractivity contribution in [2.24, 2.45) is 4.99 Å². The molecular formula is C32H22Br2Cl2N2O4S. The SMILES string of the molecule is Cc1ccc(N=C2S/C(=C/c3cc(Br)cc(Br)c3OCc3ccc(C(=O)O)cc3)C(=O)N2c2ccc(C)c(Cl)c2)cc1Cl. The predicted molar refractivity (Wildman–Crippen MR) is 182 cm³/mol. The van der Waals surface area contributed by atoms with Crippen LogP contribution in [0.1, 0.15) is 32.6 Å². The smallest absolute Gasteiger partial charge is 0.335 e. The summed E-state index contributed by atoms with van der Waals surface area (Å²) in [5.41, 5.74) is 4.65. The molecule has 1 aliphatic rings. The number of amidine groups is 1. The second kappa shape index (κ2) is 13.3. The Labute approximate surface area is 279 Å². The van der Waals surface area contributed by atoms with Crippen molar-refractivity contribution in [1.82, 2.24) is 0 Å². The molecule has 218 valence electrons. The largest absolute Gasteiger partial charge is 0.487 e. The lowest BCUT2D eigenvalue weighted by Crippen LogP contribution is -2.28. The zero-order chi connectivity index (χ0) is 30.8. The molecule has 1 amide bonds. The third-order valence-electron chi connectivity index (χ3n) is 6.51. The number of aromatic carboxylic acids is 1. The fourth-order valence-corrected chi connectivity index (χ4v) is 6.85. The number of nitrogens with zero attached hydrogens (tertiary/aromatic N) is 2. The number of aryl methyl sites for hydroxylation is 2. The van der Waals surface area contributed by atoms with Crippen LogP contribution in [0.15, 0.2) is 91.6 Å². The number of carbonyl (C=O) groups excluding carboxylic acids is 1. The van der Waals surface area contributed by atoms with E-state index >= 15 is 0 Å². The molecule has 1 aliphatic heterocycles. The Bertz CT molecular complexity index is 1830. The van der Waals surface area contributed by atoms with Crippen molar-refractivity contribution in [2.45, 2.75) is 20.5 Å². The Kier molecular flexibility index (Phi) is 9.68. The van der Waals surface area contributed by atoms with Crippen LogP contribution in [-0.4, -0.2) is 22.2 Å². The van der Waals surface area contributed by atoms with Crippen molar-refractivity contribution in [3.8, 4) is 5.75 Å². The molecule has 4 aromatic carbocycles. The van der Waals surface area contributed by atoms with Crippen LogP contribution in [0.4, 0.5) is 11.4 Å². The summed E-state index contributed by atoms with van der Waals surface area (Å²) < 4.78 is 7.65. The Balaban J connectivity index is 1.53. The molecule has 1 heterocycles.